The summed E-state index contributed by atoms with van der Waals surface area (Å²) in [5.41, 5.74) is 8.81. The summed E-state index contributed by atoms with van der Waals surface area (Å²) in [4.78, 5) is 26.5. The van der Waals surface area contributed by atoms with Crippen molar-refractivity contribution in [1.29, 1.82) is 0 Å². The fourth-order valence-electron chi connectivity index (χ4n) is 4.83. The Hall–Kier alpha value is -3.71. The summed E-state index contributed by atoms with van der Waals surface area (Å²) in [6.07, 6.45) is 3.25. The maximum absolute atomic E-state index is 12.4. The first-order valence-electron chi connectivity index (χ1n) is 11.6. The lowest BCUT2D eigenvalue weighted by molar-refractivity contribution is -0.129. The number of carbonyl (C=O) groups is 1. The maximum atomic E-state index is 12.4. The Morgan fingerprint density at radius 1 is 1.19 bits per heavy atom. The van der Waals surface area contributed by atoms with Gasteiger partial charge in [0.15, 0.2) is 0 Å². The average molecular weight is 505 g/mol. The molecule has 4 atom stereocenters. The molecule has 3 aromatic heterocycles. The first kappa shape index (κ1) is 24.0. The largest absolute Gasteiger partial charge is 0.398 e. The van der Waals surface area contributed by atoms with Gasteiger partial charge in [-0.05, 0) is 36.8 Å². The van der Waals surface area contributed by atoms with Crippen LogP contribution in [0.25, 0.3) is 21.9 Å². The summed E-state index contributed by atoms with van der Waals surface area (Å²) in [5.74, 6) is 5.63. The smallest absolute Gasteiger partial charge is 0.220 e. The summed E-state index contributed by atoms with van der Waals surface area (Å²) in [5, 5.41) is 23.5. The van der Waals surface area contributed by atoms with Crippen molar-refractivity contribution in [3.8, 4) is 11.8 Å². The predicted octanol–water partition coefficient (Wildman–Crippen LogP) is 2.40. The van der Waals surface area contributed by atoms with Gasteiger partial charge in [0.1, 0.15) is 23.2 Å². The Morgan fingerprint density at radius 2 is 2.03 bits per heavy atom. The summed E-state index contributed by atoms with van der Waals surface area (Å²) in [7, 11) is 0. The van der Waals surface area contributed by atoms with Crippen LogP contribution < -0.4 is 5.73 Å². The van der Waals surface area contributed by atoms with Crippen LogP contribution in [-0.4, -0.2) is 65.8 Å². The average Bonchev–Trinajstić information content (AvgIpc) is 3.41. The van der Waals surface area contributed by atoms with Crippen molar-refractivity contribution < 1.29 is 15.0 Å². The normalized spacial score (nSPS) is 21.4. The molecule has 4 N–H and O–H groups in total. The molecular formula is C26H25ClN6O3. The first-order chi connectivity index (χ1) is 17.3. The molecular weight excluding hydrogens is 480 g/mol. The summed E-state index contributed by atoms with van der Waals surface area (Å²) >= 11 is 6.16. The van der Waals surface area contributed by atoms with Gasteiger partial charge in [0.25, 0.3) is 0 Å². The molecule has 36 heavy (non-hydrogen) atoms. The fraction of sp³-hybridized carbons (Fsp3) is 0.308. The SMILES string of the molecule is CC(=O)N(CC#Cc1ccc2nccc(N)c2c1)C[C@H]1C[C@@H](n2ccc3c(Cl)ncnc32)[C@H](O)[C@@H]1O. The van der Waals surface area contributed by atoms with Gasteiger partial charge in [-0.2, -0.15) is 0 Å². The highest BCUT2D eigenvalue weighted by Gasteiger charge is 2.43. The van der Waals surface area contributed by atoms with Gasteiger partial charge in [0.2, 0.25) is 5.91 Å². The third kappa shape index (κ3) is 4.46. The number of halogens is 1. The molecule has 0 unspecified atom stereocenters. The number of carbonyl (C=O) groups excluding carboxylic acids is 1. The van der Waals surface area contributed by atoms with Crippen molar-refractivity contribution >= 4 is 45.1 Å². The van der Waals surface area contributed by atoms with Crippen molar-refractivity contribution in [3.05, 3.63) is 59.8 Å². The van der Waals surface area contributed by atoms with E-state index < -0.39 is 18.2 Å². The summed E-state index contributed by atoms with van der Waals surface area (Å²) < 4.78 is 1.81. The molecule has 0 bridgehead atoms. The van der Waals surface area contributed by atoms with E-state index in [2.05, 4.69) is 26.8 Å². The van der Waals surface area contributed by atoms with Crippen LogP contribution in [0.3, 0.4) is 0 Å². The number of aromatic nitrogens is 4. The highest BCUT2D eigenvalue weighted by Crippen LogP contribution is 2.38. The van der Waals surface area contributed by atoms with Crippen LogP contribution in [0.15, 0.2) is 49.1 Å². The van der Waals surface area contributed by atoms with Crippen molar-refractivity contribution in [3.63, 3.8) is 0 Å². The number of amides is 1. The standard InChI is InChI=1S/C26H25ClN6O3/c1-15(34)32(9-2-3-16-4-5-21-19(11-16)20(28)6-8-29-21)13-17-12-22(24(36)23(17)35)33-10-7-18-25(27)30-14-31-26(18)33/h4-8,10-11,14,17,22-24,35-36H,9,12-13H2,1H3,(H2,28,29)/t17-,22-,23-,24+/m1/s1. The fourth-order valence-corrected chi connectivity index (χ4v) is 5.02. The molecule has 4 aromatic rings. The van der Waals surface area contributed by atoms with Crippen LogP contribution >= 0.6 is 11.6 Å². The van der Waals surface area contributed by atoms with Gasteiger partial charge < -0.3 is 25.4 Å². The molecule has 1 aliphatic rings. The molecule has 9 nitrogen and oxygen atoms in total. The molecule has 1 aliphatic carbocycles. The molecule has 1 fully saturated rings. The molecule has 0 saturated heterocycles. The van der Waals surface area contributed by atoms with Gasteiger partial charge in [-0.1, -0.05) is 23.4 Å². The molecule has 1 amide bonds. The number of rotatable bonds is 4. The van der Waals surface area contributed by atoms with E-state index in [0.29, 0.717) is 28.3 Å². The van der Waals surface area contributed by atoms with E-state index in [1.54, 1.807) is 29.4 Å². The Morgan fingerprint density at radius 3 is 2.83 bits per heavy atom. The number of nitrogens with two attached hydrogens (primary N) is 1. The molecule has 0 aliphatic heterocycles. The summed E-state index contributed by atoms with van der Waals surface area (Å²) in [6.45, 7) is 1.93. The van der Waals surface area contributed by atoms with Crippen molar-refractivity contribution in [2.45, 2.75) is 31.6 Å². The number of anilines is 1. The number of aliphatic hydroxyl groups is 2. The Balaban J connectivity index is 1.31. The lowest BCUT2D eigenvalue weighted by atomic mass is 10.0. The third-order valence-electron chi connectivity index (χ3n) is 6.77. The van der Waals surface area contributed by atoms with Gasteiger partial charge >= 0.3 is 0 Å². The predicted molar refractivity (Wildman–Crippen MR) is 137 cm³/mol. The highest BCUT2D eigenvalue weighted by molar-refractivity contribution is 6.33. The molecule has 5 rings (SSSR count). The monoisotopic (exact) mass is 504 g/mol. The zero-order valence-electron chi connectivity index (χ0n) is 19.5. The van der Waals surface area contributed by atoms with Crippen molar-refractivity contribution in [2.24, 2.45) is 5.92 Å². The molecule has 184 valence electrons. The van der Waals surface area contributed by atoms with E-state index in [4.69, 9.17) is 17.3 Å². The van der Waals surface area contributed by atoms with Gasteiger partial charge in [0.05, 0.1) is 29.6 Å². The topological polar surface area (TPSA) is 130 Å². The highest BCUT2D eigenvalue weighted by atomic mass is 35.5. The number of hydrogen-bond acceptors (Lipinski definition) is 7. The second-order valence-electron chi connectivity index (χ2n) is 9.00. The minimum Gasteiger partial charge on any atom is -0.398 e. The lowest BCUT2D eigenvalue weighted by Gasteiger charge is -2.24. The molecule has 0 radical (unpaired) electrons. The van der Waals surface area contributed by atoms with Crippen LogP contribution in [0.2, 0.25) is 5.15 Å². The Labute approximate surface area is 212 Å². The van der Waals surface area contributed by atoms with Gasteiger partial charge in [-0.15, -0.1) is 0 Å². The van der Waals surface area contributed by atoms with E-state index in [1.807, 2.05) is 22.8 Å². The maximum Gasteiger partial charge on any atom is 0.220 e. The van der Waals surface area contributed by atoms with Crippen molar-refractivity contribution in [2.75, 3.05) is 18.8 Å². The second-order valence-corrected chi connectivity index (χ2v) is 9.36. The van der Waals surface area contributed by atoms with Crippen LogP contribution in [0.1, 0.15) is 24.9 Å². The molecule has 1 aromatic carbocycles. The third-order valence-corrected chi connectivity index (χ3v) is 7.07. The molecule has 0 spiro atoms. The van der Waals surface area contributed by atoms with Crippen LogP contribution in [0.4, 0.5) is 5.69 Å². The molecule has 10 heteroatoms. The van der Waals surface area contributed by atoms with Crippen LogP contribution in [-0.2, 0) is 4.79 Å². The molecule has 3 heterocycles. The van der Waals surface area contributed by atoms with E-state index in [1.165, 1.54) is 13.3 Å². The number of aliphatic hydroxyl groups excluding tert-OH is 2. The Kier molecular flexibility index (Phi) is 6.49. The van der Waals surface area contributed by atoms with Gasteiger partial charge in [-0.3, -0.25) is 9.78 Å². The number of nitrogen functional groups attached to an aromatic ring is 1. The zero-order valence-corrected chi connectivity index (χ0v) is 20.3. The zero-order chi connectivity index (χ0) is 25.4. The van der Waals surface area contributed by atoms with Gasteiger partial charge in [-0.25, -0.2) is 9.97 Å². The summed E-state index contributed by atoms with van der Waals surface area (Å²) in [6, 6.07) is 8.71. The van der Waals surface area contributed by atoms with E-state index in [0.717, 1.165) is 16.5 Å². The van der Waals surface area contributed by atoms with Crippen LogP contribution in [0.5, 0.6) is 0 Å². The first-order valence-corrected chi connectivity index (χ1v) is 11.9. The van der Waals surface area contributed by atoms with Gasteiger partial charge in [0, 0.05) is 48.4 Å². The van der Waals surface area contributed by atoms with E-state index in [-0.39, 0.29) is 24.9 Å². The number of hydrogen-bond donors (Lipinski definition) is 3. The number of pyridine rings is 1. The second kappa shape index (κ2) is 9.74. The number of benzene rings is 1. The number of fused-ring (bicyclic) bond motifs is 2. The van der Waals surface area contributed by atoms with E-state index in [9.17, 15) is 15.0 Å². The Bertz CT molecular complexity index is 1510. The van der Waals surface area contributed by atoms with Crippen LogP contribution in [0, 0.1) is 17.8 Å². The minimum absolute atomic E-state index is 0.160. The quantitative estimate of drug-likeness (QED) is 0.287. The minimum atomic E-state index is -1.02. The lowest BCUT2D eigenvalue weighted by Crippen LogP contribution is -2.38. The van der Waals surface area contributed by atoms with E-state index >= 15 is 0 Å². The molecule has 1 saturated carbocycles. The number of nitrogens with zero attached hydrogens (tertiary/aromatic N) is 5. The van der Waals surface area contributed by atoms with Crippen molar-refractivity contribution in [1.82, 2.24) is 24.4 Å².